The number of likely N-dealkylation sites (N-methyl/N-ethyl adjacent to an activating group) is 1. The summed E-state index contributed by atoms with van der Waals surface area (Å²) in [7, 11) is 3.90. The molecule has 72 valence electrons. The maximum Gasteiger partial charge on any atom is 0.157 e. The van der Waals surface area contributed by atoms with Gasteiger partial charge in [0.15, 0.2) is 5.78 Å². The maximum atomic E-state index is 11.8. The molecule has 0 N–H and O–H groups in total. The molecule has 1 saturated carbocycles. The number of nitrogens with zero attached hydrogens (tertiary/aromatic N) is 1. The molecule has 0 aliphatic heterocycles. The Morgan fingerprint density at radius 2 is 2.23 bits per heavy atom. The Kier molecular flexibility index (Phi) is 2.74. The molecule has 0 spiro atoms. The van der Waals surface area contributed by atoms with Gasteiger partial charge in [0, 0.05) is 6.42 Å². The molecule has 0 aromatic rings. The quantitative estimate of drug-likeness (QED) is 0.602. The zero-order valence-electron chi connectivity index (χ0n) is 8.68. The molecule has 0 saturated heterocycles. The van der Waals surface area contributed by atoms with Gasteiger partial charge in [-0.05, 0) is 39.4 Å². The van der Waals surface area contributed by atoms with Crippen LogP contribution in [0, 0.1) is 0 Å². The monoisotopic (exact) mass is 179 g/mol. The molecule has 1 rings (SSSR count). The highest BCUT2D eigenvalue weighted by Crippen LogP contribution is 2.36. The summed E-state index contributed by atoms with van der Waals surface area (Å²) in [5, 5.41) is 0. The Morgan fingerprint density at radius 1 is 1.62 bits per heavy atom. The topological polar surface area (TPSA) is 20.3 Å². The van der Waals surface area contributed by atoms with Gasteiger partial charge in [-0.2, -0.15) is 0 Å². The first-order valence-electron chi connectivity index (χ1n) is 4.63. The number of carbonyl (C=O) groups excluding carboxylic acids is 1. The van der Waals surface area contributed by atoms with E-state index in [9.17, 15) is 4.79 Å². The molecule has 0 bridgehead atoms. The molecule has 1 aliphatic rings. The predicted molar refractivity (Wildman–Crippen MR) is 53.6 cm³/mol. The van der Waals surface area contributed by atoms with E-state index in [0.29, 0.717) is 12.2 Å². The zero-order chi connectivity index (χ0) is 10.1. The molecular weight excluding hydrogens is 162 g/mol. The van der Waals surface area contributed by atoms with Crippen LogP contribution >= 0.6 is 0 Å². The molecule has 0 amide bonds. The average molecular weight is 179 g/mol. The van der Waals surface area contributed by atoms with E-state index in [4.69, 9.17) is 0 Å². The second kappa shape index (κ2) is 3.49. The molecule has 0 heterocycles. The standard InChI is InChI=1S/C11H17NO/c1-5-9(2)11(12(3)4)8-6-7-10(11)13/h1,6-8H2,2-4H3. The molecule has 13 heavy (non-hydrogen) atoms. The summed E-state index contributed by atoms with van der Waals surface area (Å²) in [6, 6.07) is 0. The number of hydrogen-bond acceptors (Lipinski definition) is 2. The fraction of sp³-hybridized carbons (Fsp3) is 0.636. The average Bonchev–Trinajstić information content (AvgIpc) is 2.47. The molecule has 2 nitrogen and oxygen atoms in total. The van der Waals surface area contributed by atoms with Gasteiger partial charge in [-0.1, -0.05) is 6.58 Å². The van der Waals surface area contributed by atoms with Crippen LogP contribution in [0.5, 0.6) is 0 Å². The summed E-state index contributed by atoms with van der Waals surface area (Å²) in [5.74, 6) is 0.311. The van der Waals surface area contributed by atoms with Crippen molar-refractivity contribution in [2.45, 2.75) is 31.7 Å². The molecule has 1 unspecified atom stereocenters. The zero-order valence-corrected chi connectivity index (χ0v) is 8.68. The molecule has 1 atom stereocenters. The number of ketones is 1. The van der Waals surface area contributed by atoms with E-state index >= 15 is 0 Å². The van der Waals surface area contributed by atoms with E-state index in [2.05, 4.69) is 12.3 Å². The number of hydrogen-bond donors (Lipinski definition) is 0. The van der Waals surface area contributed by atoms with Crippen molar-refractivity contribution in [2.75, 3.05) is 14.1 Å². The Morgan fingerprint density at radius 3 is 2.54 bits per heavy atom. The van der Waals surface area contributed by atoms with Crippen molar-refractivity contribution in [3.05, 3.63) is 17.9 Å². The number of carbonyl (C=O) groups is 1. The molecule has 2 heteroatoms. The van der Waals surface area contributed by atoms with Crippen LogP contribution in [0.4, 0.5) is 0 Å². The van der Waals surface area contributed by atoms with E-state index < -0.39 is 5.54 Å². The predicted octanol–water partition coefficient (Wildman–Crippen LogP) is 1.77. The second-order valence-electron chi connectivity index (χ2n) is 3.83. The molecule has 1 fully saturated rings. The fourth-order valence-corrected chi connectivity index (χ4v) is 2.20. The SMILES string of the molecule is C=C=C(C)C1(N(C)C)CCCC1=O. The van der Waals surface area contributed by atoms with Crippen LogP contribution in [0.15, 0.2) is 17.9 Å². The third-order valence-corrected chi connectivity index (χ3v) is 3.05. The van der Waals surface area contributed by atoms with Gasteiger partial charge >= 0.3 is 0 Å². The minimum atomic E-state index is -0.401. The Hall–Kier alpha value is -0.850. The maximum absolute atomic E-state index is 11.8. The lowest BCUT2D eigenvalue weighted by Crippen LogP contribution is -2.48. The van der Waals surface area contributed by atoms with E-state index in [1.807, 2.05) is 25.9 Å². The minimum Gasteiger partial charge on any atom is -0.297 e. The van der Waals surface area contributed by atoms with Crippen molar-refractivity contribution >= 4 is 5.78 Å². The lowest BCUT2D eigenvalue weighted by Gasteiger charge is -2.34. The summed E-state index contributed by atoms with van der Waals surface area (Å²) in [6.45, 7) is 5.57. The van der Waals surface area contributed by atoms with Gasteiger partial charge < -0.3 is 0 Å². The van der Waals surface area contributed by atoms with Gasteiger partial charge in [0.05, 0.1) is 0 Å². The van der Waals surface area contributed by atoms with Crippen LogP contribution in [0.1, 0.15) is 26.2 Å². The van der Waals surface area contributed by atoms with Crippen LogP contribution in [-0.2, 0) is 4.79 Å². The van der Waals surface area contributed by atoms with E-state index in [1.54, 1.807) is 0 Å². The van der Waals surface area contributed by atoms with E-state index in [0.717, 1.165) is 18.4 Å². The first kappa shape index (κ1) is 10.2. The first-order valence-corrected chi connectivity index (χ1v) is 4.63. The summed E-state index contributed by atoms with van der Waals surface area (Å²) in [5.41, 5.74) is 3.42. The van der Waals surface area contributed by atoms with Crippen LogP contribution in [-0.4, -0.2) is 30.3 Å². The third kappa shape index (κ3) is 1.37. The van der Waals surface area contributed by atoms with Crippen LogP contribution < -0.4 is 0 Å². The van der Waals surface area contributed by atoms with Crippen molar-refractivity contribution in [3.8, 4) is 0 Å². The molecule has 1 aliphatic carbocycles. The second-order valence-corrected chi connectivity index (χ2v) is 3.83. The highest BCUT2D eigenvalue weighted by Gasteiger charge is 2.45. The Bertz CT molecular complexity index is 274. The molecule has 0 aromatic heterocycles. The third-order valence-electron chi connectivity index (χ3n) is 3.05. The van der Waals surface area contributed by atoms with Gasteiger partial charge in [0.1, 0.15) is 5.54 Å². The van der Waals surface area contributed by atoms with Gasteiger partial charge in [-0.25, -0.2) is 0 Å². The first-order chi connectivity index (χ1) is 6.05. The lowest BCUT2D eigenvalue weighted by atomic mass is 9.87. The van der Waals surface area contributed by atoms with Crippen molar-refractivity contribution in [3.63, 3.8) is 0 Å². The summed E-state index contributed by atoms with van der Waals surface area (Å²) >= 11 is 0. The fourth-order valence-electron chi connectivity index (χ4n) is 2.20. The number of Topliss-reactive ketones (excluding diaryl/α,β-unsaturated/α-hetero) is 1. The van der Waals surface area contributed by atoms with Gasteiger partial charge in [-0.15, -0.1) is 5.73 Å². The summed E-state index contributed by atoms with van der Waals surface area (Å²) < 4.78 is 0. The van der Waals surface area contributed by atoms with E-state index in [1.165, 1.54) is 0 Å². The van der Waals surface area contributed by atoms with Crippen molar-refractivity contribution < 1.29 is 4.79 Å². The van der Waals surface area contributed by atoms with Crippen molar-refractivity contribution in [1.29, 1.82) is 0 Å². The van der Waals surface area contributed by atoms with Crippen molar-refractivity contribution in [1.82, 2.24) is 4.90 Å². The summed E-state index contributed by atoms with van der Waals surface area (Å²) in [4.78, 5) is 13.8. The Balaban J connectivity index is 3.15. The van der Waals surface area contributed by atoms with Gasteiger partial charge in [0.25, 0.3) is 0 Å². The lowest BCUT2D eigenvalue weighted by molar-refractivity contribution is -0.124. The smallest absolute Gasteiger partial charge is 0.157 e. The van der Waals surface area contributed by atoms with Crippen molar-refractivity contribution in [2.24, 2.45) is 0 Å². The van der Waals surface area contributed by atoms with Gasteiger partial charge in [-0.3, -0.25) is 9.69 Å². The number of rotatable bonds is 2. The van der Waals surface area contributed by atoms with Gasteiger partial charge in [0.2, 0.25) is 0 Å². The van der Waals surface area contributed by atoms with Crippen LogP contribution in [0.3, 0.4) is 0 Å². The highest BCUT2D eigenvalue weighted by molar-refractivity contribution is 5.93. The molecular formula is C11H17NO. The highest BCUT2D eigenvalue weighted by atomic mass is 16.1. The molecule has 0 radical (unpaired) electrons. The van der Waals surface area contributed by atoms with E-state index in [-0.39, 0.29) is 0 Å². The van der Waals surface area contributed by atoms with Crippen LogP contribution in [0.25, 0.3) is 0 Å². The largest absolute Gasteiger partial charge is 0.297 e. The van der Waals surface area contributed by atoms with Crippen LogP contribution in [0.2, 0.25) is 0 Å². The Labute approximate surface area is 79.9 Å². The minimum absolute atomic E-state index is 0.311. The summed E-state index contributed by atoms with van der Waals surface area (Å²) in [6.07, 6.45) is 2.58. The molecule has 0 aromatic carbocycles. The normalized spacial score (nSPS) is 27.8.